The van der Waals surface area contributed by atoms with Gasteiger partial charge in [-0.2, -0.15) is 26.3 Å². The average molecular weight is 875 g/mol. The lowest BCUT2D eigenvalue weighted by Gasteiger charge is -2.44. The second-order valence-electron chi connectivity index (χ2n) is 16.2. The van der Waals surface area contributed by atoms with Gasteiger partial charge in [-0.05, 0) is 71.6 Å². The van der Waals surface area contributed by atoms with Crippen LogP contribution >= 0.6 is 0 Å². The molecule has 61 heavy (non-hydrogen) atoms. The number of carboxylic acid groups (broad SMARTS) is 2. The van der Waals surface area contributed by atoms with Gasteiger partial charge in [-0.1, -0.05) is 90.1 Å². The number of rotatable bonds is 14. The summed E-state index contributed by atoms with van der Waals surface area (Å²) in [7, 11) is 0. The normalized spacial score (nSPS) is 14.3. The summed E-state index contributed by atoms with van der Waals surface area (Å²) in [6.07, 6.45) is -7.76. The van der Waals surface area contributed by atoms with E-state index < -0.39 is 47.6 Å². The average Bonchev–Trinajstić information content (AvgIpc) is 3.12. The Kier molecular flexibility index (Phi) is 19.2. The number of carbonyl (C=O) groups excluding carboxylic acids is 3. The standard InChI is InChI=1S/C36H54N8O3.2C2HF3O2/c1-34(2,3)27-15-11-25(12-16-27)23-36(24-26-13-17-28(18-14-26)35(4,5)6)29(45)43(21-9-7-19-41-31(37)38)33(47)44(30(36)46)22-10-8-20-42-32(39)40;2*3-2(4,5)1(6)7/h11-18H,7-10,19-24H2,1-6H3,(H4,37,38,41)(H4,39,40,42);2*(H,6,7). The molecule has 1 aliphatic heterocycles. The Morgan fingerprint density at radius 1 is 0.574 bits per heavy atom. The van der Waals surface area contributed by atoms with Gasteiger partial charge in [0, 0.05) is 26.2 Å². The van der Waals surface area contributed by atoms with Crippen LogP contribution in [0.15, 0.2) is 58.5 Å². The number of halogens is 6. The summed E-state index contributed by atoms with van der Waals surface area (Å²) in [4.78, 5) is 71.5. The number of alkyl halides is 6. The van der Waals surface area contributed by atoms with Crippen molar-refractivity contribution in [2.45, 2.75) is 103 Å². The van der Waals surface area contributed by atoms with Gasteiger partial charge >= 0.3 is 30.3 Å². The van der Waals surface area contributed by atoms with E-state index in [1.807, 2.05) is 48.5 Å². The number of carbonyl (C=O) groups is 5. The van der Waals surface area contributed by atoms with Crippen LogP contribution in [0.4, 0.5) is 31.1 Å². The summed E-state index contributed by atoms with van der Waals surface area (Å²) in [6.45, 7) is 13.9. The highest BCUT2D eigenvalue weighted by Gasteiger charge is 2.57. The molecule has 0 unspecified atom stereocenters. The number of unbranched alkanes of at least 4 members (excludes halogenated alkanes) is 2. The van der Waals surface area contributed by atoms with Crippen LogP contribution in [0.2, 0.25) is 0 Å². The van der Waals surface area contributed by atoms with E-state index in [4.69, 9.17) is 42.7 Å². The molecule has 1 aliphatic rings. The molecule has 2 aromatic carbocycles. The Labute approximate surface area is 350 Å². The maximum absolute atomic E-state index is 14.6. The van der Waals surface area contributed by atoms with Gasteiger partial charge in [-0.15, -0.1) is 0 Å². The monoisotopic (exact) mass is 874 g/mol. The molecule has 15 nitrogen and oxygen atoms in total. The molecule has 10 N–H and O–H groups in total. The number of aliphatic imine (C=N–C) groups is 2. The lowest BCUT2D eigenvalue weighted by atomic mass is 9.72. The Bertz CT molecular complexity index is 1730. The second kappa shape index (κ2) is 22.1. The molecule has 1 fully saturated rings. The van der Waals surface area contributed by atoms with Crippen molar-refractivity contribution < 1.29 is 60.5 Å². The number of imide groups is 2. The predicted molar refractivity (Wildman–Crippen MR) is 216 cm³/mol. The lowest BCUT2D eigenvalue weighted by molar-refractivity contribution is -0.193. The number of nitrogens with two attached hydrogens (primary N) is 4. The van der Waals surface area contributed by atoms with E-state index in [1.54, 1.807) is 0 Å². The fraction of sp³-hybridized carbons (Fsp3) is 0.525. The van der Waals surface area contributed by atoms with Crippen LogP contribution in [0.25, 0.3) is 0 Å². The van der Waals surface area contributed by atoms with Crippen molar-refractivity contribution in [3.05, 3.63) is 70.8 Å². The molecule has 0 spiro atoms. The van der Waals surface area contributed by atoms with E-state index in [9.17, 15) is 40.7 Å². The Balaban J connectivity index is 0.00000114. The van der Waals surface area contributed by atoms with Crippen molar-refractivity contribution >= 4 is 41.7 Å². The third-order valence-electron chi connectivity index (χ3n) is 9.08. The van der Waals surface area contributed by atoms with E-state index in [1.165, 1.54) is 9.80 Å². The predicted octanol–water partition coefficient (Wildman–Crippen LogP) is 5.22. The summed E-state index contributed by atoms with van der Waals surface area (Å²) in [5.74, 6) is -6.50. The molecule has 0 aromatic heterocycles. The largest absolute Gasteiger partial charge is 0.490 e. The van der Waals surface area contributed by atoms with Crippen LogP contribution < -0.4 is 22.9 Å². The van der Waals surface area contributed by atoms with Gasteiger partial charge in [-0.25, -0.2) is 14.4 Å². The first-order chi connectivity index (χ1) is 27.8. The number of hydrogen-bond donors (Lipinski definition) is 6. The summed E-state index contributed by atoms with van der Waals surface area (Å²) in [5, 5.41) is 14.2. The van der Waals surface area contributed by atoms with E-state index in [-0.39, 0.29) is 48.7 Å². The minimum Gasteiger partial charge on any atom is -0.475 e. The van der Waals surface area contributed by atoms with Gasteiger partial charge in [-0.3, -0.25) is 29.4 Å². The number of aliphatic carboxylic acids is 2. The molecule has 0 bridgehead atoms. The molecule has 21 heteroatoms. The van der Waals surface area contributed by atoms with Gasteiger partial charge in [0.2, 0.25) is 11.8 Å². The quantitative estimate of drug-likeness (QED) is 0.0472. The number of benzene rings is 2. The fourth-order valence-corrected chi connectivity index (χ4v) is 5.81. The summed E-state index contributed by atoms with van der Waals surface area (Å²) < 4.78 is 63.5. The maximum atomic E-state index is 14.6. The maximum Gasteiger partial charge on any atom is 0.490 e. The van der Waals surface area contributed by atoms with E-state index in [2.05, 4.69) is 51.5 Å². The molecule has 0 aliphatic carbocycles. The molecule has 2 aromatic rings. The van der Waals surface area contributed by atoms with Crippen LogP contribution in [0.5, 0.6) is 0 Å². The van der Waals surface area contributed by atoms with E-state index in [0.29, 0.717) is 38.8 Å². The number of guanidine groups is 2. The summed E-state index contributed by atoms with van der Waals surface area (Å²) in [5.41, 5.74) is 24.2. The molecular formula is C40H56F6N8O7. The number of amides is 4. The topological polar surface area (TPSA) is 261 Å². The summed E-state index contributed by atoms with van der Waals surface area (Å²) >= 11 is 0. The van der Waals surface area contributed by atoms with Crippen LogP contribution in [0, 0.1) is 5.41 Å². The molecule has 0 radical (unpaired) electrons. The third kappa shape index (κ3) is 17.3. The molecule has 1 saturated heterocycles. The molecular weight excluding hydrogens is 818 g/mol. The number of hydrogen-bond acceptors (Lipinski definition) is 7. The Hall–Kier alpha value is -5.89. The van der Waals surface area contributed by atoms with Crippen LogP contribution in [-0.2, 0) is 42.8 Å². The van der Waals surface area contributed by atoms with E-state index in [0.717, 1.165) is 22.3 Å². The van der Waals surface area contributed by atoms with Gasteiger partial charge in [0.25, 0.3) is 0 Å². The van der Waals surface area contributed by atoms with Gasteiger partial charge in [0.05, 0.1) is 0 Å². The van der Waals surface area contributed by atoms with Crippen LogP contribution in [-0.4, -0.2) is 100 Å². The number of urea groups is 1. The van der Waals surface area contributed by atoms with Crippen molar-refractivity contribution in [3.63, 3.8) is 0 Å². The minimum absolute atomic E-state index is 0.0124. The Morgan fingerprint density at radius 3 is 1.08 bits per heavy atom. The van der Waals surface area contributed by atoms with Crippen molar-refractivity contribution in [1.29, 1.82) is 0 Å². The first kappa shape index (κ1) is 53.1. The summed E-state index contributed by atoms with van der Waals surface area (Å²) in [6, 6.07) is 15.5. The molecule has 340 valence electrons. The highest BCUT2D eigenvalue weighted by Crippen LogP contribution is 2.38. The second-order valence-corrected chi connectivity index (χ2v) is 16.2. The molecule has 1 heterocycles. The number of nitrogens with zero attached hydrogens (tertiary/aromatic N) is 4. The van der Waals surface area contributed by atoms with Crippen molar-refractivity contribution in [3.8, 4) is 0 Å². The fourth-order valence-electron chi connectivity index (χ4n) is 5.81. The molecule has 0 atom stereocenters. The van der Waals surface area contributed by atoms with Crippen LogP contribution in [0.3, 0.4) is 0 Å². The van der Waals surface area contributed by atoms with Gasteiger partial charge in [0.15, 0.2) is 11.9 Å². The number of barbiturate groups is 1. The van der Waals surface area contributed by atoms with Crippen molar-refractivity contribution in [2.24, 2.45) is 38.3 Å². The third-order valence-corrected chi connectivity index (χ3v) is 9.08. The number of carboxylic acids is 2. The van der Waals surface area contributed by atoms with Gasteiger partial charge in [0.1, 0.15) is 5.41 Å². The molecule has 4 amide bonds. The smallest absolute Gasteiger partial charge is 0.475 e. The SMILES string of the molecule is CC(C)(C)c1ccc(CC2(Cc3ccc(C(C)(C)C)cc3)C(=O)N(CCCCN=C(N)N)C(=O)N(CCCCN=C(N)N)C2=O)cc1.O=C(O)C(F)(F)F.O=C(O)C(F)(F)F. The van der Waals surface area contributed by atoms with Crippen LogP contribution in [0.1, 0.15) is 89.5 Å². The highest BCUT2D eigenvalue weighted by atomic mass is 19.4. The van der Waals surface area contributed by atoms with Gasteiger partial charge < -0.3 is 33.1 Å². The first-order valence-electron chi connectivity index (χ1n) is 18.9. The minimum atomic E-state index is -5.08. The zero-order valence-corrected chi connectivity index (χ0v) is 35.0. The highest BCUT2D eigenvalue weighted by molar-refractivity contribution is 6.19. The zero-order valence-electron chi connectivity index (χ0n) is 35.0. The van der Waals surface area contributed by atoms with Crippen molar-refractivity contribution in [2.75, 3.05) is 26.2 Å². The zero-order chi connectivity index (χ0) is 47.1. The lowest BCUT2D eigenvalue weighted by Crippen LogP contribution is -2.66. The molecule has 0 saturated carbocycles. The molecule has 3 rings (SSSR count). The Morgan fingerprint density at radius 2 is 0.852 bits per heavy atom. The van der Waals surface area contributed by atoms with E-state index >= 15 is 0 Å². The first-order valence-corrected chi connectivity index (χ1v) is 18.9. The van der Waals surface area contributed by atoms with Crippen molar-refractivity contribution in [1.82, 2.24) is 9.80 Å².